The van der Waals surface area contributed by atoms with Crippen molar-refractivity contribution < 1.29 is 24.7 Å². The summed E-state index contributed by atoms with van der Waals surface area (Å²) in [4.78, 5) is 4.44. The average molecular weight is 360 g/mol. The first kappa shape index (κ1) is 20.6. The predicted octanol–water partition coefficient (Wildman–Crippen LogP) is 3.67. The number of hydrogen-bond acceptors (Lipinski definition) is 5. The predicted molar refractivity (Wildman–Crippen MR) is 99.5 cm³/mol. The molecule has 2 rings (SSSR count). The Morgan fingerprint density at radius 1 is 0.846 bits per heavy atom. The Kier molecular flexibility index (Phi) is 9.31. The van der Waals surface area contributed by atoms with Crippen LogP contribution in [0.4, 0.5) is 0 Å². The van der Waals surface area contributed by atoms with E-state index in [1.807, 2.05) is 60.7 Å². The zero-order valence-corrected chi connectivity index (χ0v) is 15.2. The van der Waals surface area contributed by atoms with E-state index >= 15 is 0 Å². The van der Waals surface area contributed by atoms with Crippen LogP contribution in [-0.2, 0) is 27.6 Å². The Hall–Kier alpha value is -1.76. The summed E-state index contributed by atoms with van der Waals surface area (Å²) in [5.41, 5.74) is 2.15. The van der Waals surface area contributed by atoms with Gasteiger partial charge in [-0.15, -0.1) is 0 Å². The van der Waals surface area contributed by atoms with Gasteiger partial charge in [0.05, 0.1) is 32.0 Å². The molecule has 2 N–H and O–H groups in total. The van der Waals surface area contributed by atoms with E-state index in [0.29, 0.717) is 26.2 Å². The molecular formula is C21H28O5. The molecule has 0 aliphatic heterocycles. The standard InChI is InChI=1S/C21H28O5/c1-17(26-23)20(12-13-24-14-18-8-4-2-5-9-18)21(22)16-25-15-19-10-6-3-7-11-19/h2-11,17,20-23H,12-16H2,1H3/t17?,20-,21+/m1/s1. The lowest BCUT2D eigenvalue weighted by atomic mass is 9.94. The van der Waals surface area contributed by atoms with Crippen molar-refractivity contribution >= 4 is 0 Å². The van der Waals surface area contributed by atoms with Crippen molar-refractivity contribution in [3.05, 3.63) is 71.8 Å². The molecule has 5 nitrogen and oxygen atoms in total. The fourth-order valence-corrected chi connectivity index (χ4v) is 2.80. The summed E-state index contributed by atoms with van der Waals surface area (Å²) in [6, 6.07) is 19.7. The lowest BCUT2D eigenvalue weighted by molar-refractivity contribution is -0.293. The molecule has 26 heavy (non-hydrogen) atoms. The highest BCUT2D eigenvalue weighted by molar-refractivity contribution is 5.14. The third-order valence-corrected chi connectivity index (χ3v) is 4.37. The van der Waals surface area contributed by atoms with E-state index in [-0.39, 0.29) is 12.5 Å². The molecule has 0 radical (unpaired) electrons. The number of aliphatic hydroxyl groups is 1. The molecule has 0 bridgehead atoms. The SMILES string of the molecule is CC(OO)[C@@H](CCOCc1ccccc1)[C@@H](O)COCc1ccccc1. The normalized spacial score (nSPS) is 14.7. The minimum Gasteiger partial charge on any atom is -0.390 e. The maximum atomic E-state index is 10.4. The smallest absolute Gasteiger partial charge is 0.0953 e. The third kappa shape index (κ3) is 7.23. The number of benzene rings is 2. The van der Waals surface area contributed by atoms with Crippen LogP contribution in [0.2, 0.25) is 0 Å². The minimum absolute atomic E-state index is 0.173. The van der Waals surface area contributed by atoms with Crippen LogP contribution in [0.25, 0.3) is 0 Å². The summed E-state index contributed by atoms with van der Waals surface area (Å²) in [6.07, 6.45) is -0.698. The second-order valence-corrected chi connectivity index (χ2v) is 6.37. The summed E-state index contributed by atoms with van der Waals surface area (Å²) >= 11 is 0. The number of hydrogen-bond donors (Lipinski definition) is 2. The van der Waals surface area contributed by atoms with E-state index in [1.165, 1.54) is 0 Å². The highest BCUT2D eigenvalue weighted by Gasteiger charge is 2.26. The highest BCUT2D eigenvalue weighted by atomic mass is 17.1. The van der Waals surface area contributed by atoms with Gasteiger partial charge >= 0.3 is 0 Å². The topological polar surface area (TPSA) is 68.2 Å². The fraction of sp³-hybridized carbons (Fsp3) is 0.429. The van der Waals surface area contributed by atoms with E-state index in [1.54, 1.807) is 6.92 Å². The molecule has 0 heterocycles. The number of aliphatic hydroxyl groups excluding tert-OH is 1. The van der Waals surface area contributed by atoms with Crippen molar-refractivity contribution in [2.45, 2.75) is 38.8 Å². The van der Waals surface area contributed by atoms with Crippen molar-refractivity contribution in [1.29, 1.82) is 0 Å². The molecule has 0 amide bonds. The molecule has 0 saturated heterocycles. The van der Waals surface area contributed by atoms with Crippen molar-refractivity contribution in [2.75, 3.05) is 13.2 Å². The molecule has 0 aliphatic rings. The summed E-state index contributed by atoms with van der Waals surface area (Å²) in [5.74, 6) is -0.286. The molecule has 0 saturated carbocycles. The molecule has 2 aromatic rings. The monoisotopic (exact) mass is 360 g/mol. The Labute approximate surface area is 155 Å². The quantitative estimate of drug-likeness (QED) is 0.343. The maximum absolute atomic E-state index is 10.4. The van der Waals surface area contributed by atoms with Crippen LogP contribution >= 0.6 is 0 Å². The lowest BCUT2D eigenvalue weighted by Crippen LogP contribution is -2.35. The van der Waals surface area contributed by atoms with Gasteiger partial charge in [-0.1, -0.05) is 60.7 Å². The van der Waals surface area contributed by atoms with Gasteiger partial charge in [-0.3, -0.25) is 5.26 Å². The highest BCUT2D eigenvalue weighted by Crippen LogP contribution is 2.18. The Morgan fingerprint density at radius 3 is 1.92 bits per heavy atom. The summed E-state index contributed by atoms with van der Waals surface area (Å²) in [6.45, 7) is 3.31. The molecule has 1 unspecified atom stereocenters. The average Bonchev–Trinajstić information content (AvgIpc) is 2.69. The Balaban J connectivity index is 1.74. The molecule has 5 heteroatoms. The van der Waals surface area contributed by atoms with Gasteiger partial charge in [-0.25, -0.2) is 4.89 Å². The molecule has 0 fully saturated rings. The van der Waals surface area contributed by atoms with Gasteiger partial charge in [-0.2, -0.15) is 0 Å². The van der Waals surface area contributed by atoms with E-state index in [4.69, 9.17) is 14.7 Å². The van der Waals surface area contributed by atoms with E-state index in [2.05, 4.69) is 4.89 Å². The van der Waals surface area contributed by atoms with E-state index in [0.717, 1.165) is 11.1 Å². The molecule has 3 atom stereocenters. The van der Waals surface area contributed by atoms with Crippen molar-refractivity contribution in [3.63, 3.8) is 0 Å². The van der Waals surface area contributed by atoms with Crippen LogP contribution in [0, 0.1) is 5.92 Å². The van der Waals surface area contributed by atoms with Crippen molar-refractivity contribution in [2.24, 2.45) is 5.92 Å². The lowest BCUT2D eigenvalue weighted by Gasteiger charge is -2.26. The van der Waals surface area contributed by atoms with E-state index < -0.39 is 12.2 Å². The second kappa shape index (κ2) is 11.8. The molecular weight excluding hydrogens is 332 g/mol. The van der Waals surface area contributed by atoms with Crippen LogP contribution in [0.5, 0.6) is 0 Å². The van der Waals surface area contributed by atoms with Crippen LogP contribution in [0.1, 0.15) is 24.5 Å². The zero-order chi connectivity index (χ0) is 18.6. The van der Waals surface area contributed by atoms with Crippen LogP contribution in [0.3, 0.4) is 0 Å². The van der Waals surface area contributed by atoms with Crippen LogP contribution < -0.4 is 0 Å². The zero-order valence-electron chi connectivity index (χ0n) is 15.2. The van der Waals surface area contributed by atoms with Gasteiger partial charge in [0.2, 0.25) is 0 Å². The first-order valence-corrected chi connectivity index (χ1v) is 8.92. The fourth-order valence-electron chi connectivity index (χ4n) is 2.80. The minimum atomic E-state index is -0.749. The molecule has 0 aliphatic carbocycles. The number of rotatable bonds is 12. The maximum Gasteiger partial charge on any atom is 0.0953 e. The van der Waals surface area contributed by atoms with Gasteiger partial charge in [-0.05, 0) is 24.5 Å². The van der Waals surface area contributed by atoms with Crippen molar-refractivity contribution in [3.8, 4) is 0 Å². The van der Waals surface area contributed by atoms with Crippen LogP contribution in [0.15, 0.2) is 60.7 Å². The van der Waals surface area contributed by atoms with Crippen molar-refractivity contribution in [1.82, 2.24) is 0 Å². The van der Waals surface area contributed by atoms with Gasteiger partial charge in [0, 0.05) is 12.5 Å². The molecule has 0 aromatic heterocycles. The molecule has 0 spiro atoms. The van der Waals surface area contributed by atoms with Gasteiger partial charge < -0.3 is 14.6 Å². The summed E-state index contributed by atoms with van der Waals surface area (Å²) in [5, 5.41) is 19.4. The van der Waals surface area contributed by atoms with Gasteiger partial charge in [0.1, 0.15) is 0 Å². The first-order chi connectivity index (χ1) is 12.7. The third-order valence-electron chi connectivity index (χ3n) is 4.37. The Bertz CT molecular complexity index is 590. The second-order valence-electron chi connectivity index (χ2n) is 6.37. The molecule has 142 valence electrons. The summed E-state index contributed by atoms with van der Waals surface area (Å²) in [7, 11) is 0. The first-order valence-electron chi connectivity index (χ1n) is 8.92. The van der Waals surface area contributed by atoms with E-state index in [9.17, 15) is 5.11 Å². The van der Waals surface area contributed by atoms with Gasteiger partial charge in [0.15, 0.2) is 0 Å². The number of ether oxygens (including phenoxy) is 2. The van der Waals surface area contributed by atoms with Gasteiger partial charge in [0.25, 0.3) is 0 Å². The summed E-state index contributed by atoms with van der Waals surface area (Å²) < 4.78 is 11.3. The largest absolute Gasteiger partial charge is 0.390 e. The molecule has 2 aromatic carbocycles. The van der Waals surface area contributed by atoms with Crippen LogP contribution in [-0.4, -0.2) is 35.8 Å². The Morgan fingerprint density at radius 2 is 1.38 bits per heavy atom.